The van der Waals surface area contributed by atoms with Crippen LogP contribution in [0.25, 0.3) is 0 Å². The lowest BCUT2D eigenvalue weighted by molar-refractivity contribution is -0.111. The molecule has 1 fully saturated rings. The van der Waals surface area contributed by atoms with Crippen LogP contribution in [0.3, 0.4) is 0 Å². The Kier molecular flexibility index (Phi) is 6.12. The third kappa shape index (κ3) is 4.77. The number of hydrogen-bond donors (Lipinski definition) is 1. The number of anilines is 1. The first kappa shape index (κ1) is 17.4. The van der Waals surface area contributed by atoms with E-state index in [9.17, 15) is 13.2 Å². The van der Waals surface area contributed by atoms with Crippen molar-refractivity contribution in [2.75, 3.05) is 18.4 Å². The minimum Gasteiger partial charge on any atom is -0.323 e. The van der Waals surface area contributed by atoms with Gasteiger partial charge in [-0.2, -0.15) is 4.31 Å². The summed E-state index contributed by atoms with van der Waals surface area (Å²) in [5.74, 6) is -0.255. The van der Waals surface area contributed by atoms with Gasteiger partial charge in [0.15, 0.2) is 0 Å². The van der Waals surface area contributed by atoms with E-state index in [2.05, 4.69) is 5.32 Å². The number of nitrogens with one attached hydrogen (secondary N) is 1. The van der Waals surface area contributed by atoms with Gasteiger partial charge in [0, 0.05) is 24.9 Å². The summed E-state index contributed by atoms with van der Waals surface area (Å²) >= 11 is 0. The highest BCUT2D eigenvalue weighted by Gasteiger charge is 2.25. The molecule has 0 bridgehead atoms. The van der Waals surface area contributed by atoms with Crippen molar-refractivity contribution in [3.63, 3.8) is 0 Å². The summed E-state index contributed by atoms with van der Waals surface area (Å²) in [5.41, 5.74) is 0.567. The minimum atomic E-state index is -3.43. The fraction of sp³-hybridized carbons (Fsp3) is 0.353. The van der Waals surface area contributed by atoms with Crippen molar-refractivity contribution < 1.29 is 13.2 Å². The predicted molar refractivity (Wildman–Crippen MR) is 91.6 cm³/mol. The highest BCUT2D eigenvalue weighted by atomic mass is 32.2. The maximum atomic E-state index is 12.5. The molecule has 1 aromatic carbocycles. The van der Waals surface area contributed by atoms with Crippen molar-refractivity contribution in [1.82, 2.24) is 4.31 Å². The highest BCUT2D eigenvalue weighted by Crippen LogP contribution is 2.21. The number of allylic oxidation sites excluding steroid dienone is 3. The van der Waals surface area contributed by atoms with E-state index in [1.54, 1.807) is 24.3 Å². The van der Waals surface area contributed by atoms with Gasteiger partial charge >= 0.3 is 0 Å². The van der Waals surface area contributed by atoms with E-state index < -0.39 is 10.0 Å². The molecule has 0 unspecified atom stereocenters. The van der Waals surface area contributed by atoms with Gasteiger partial charge in [-0.15, -0.1) is 0 Å². The average Bonchev–Trinajstić information content (AvgIpc) is 2.56. The number of carbonyl (C=O) groups is 1. The number of nitrogens with zero attached hydrogens (tertiary/aromatic N) is 1. The number of piperidine rings is 1. The van der Waals surface area contributed by atoms with Crippen LogP contribution in [0.15, 0.2) is 53.5 Å². The molecular formula is C17H22N2O3S. The molecule has 0 aromatic heterocycles. The summed E-state index contributed by atoms with van der Waals surface area (Å²) < 4.78 is 26.6. The van der Waals surface area contributed by atoms with E-state index in [4.69, 9.17) is 0 Å². The van der Waals surface area contributed by atoms with Crippen LogP contribution in [0.2, 0.25) is 0 Å². The molecule has 0 aliphatic carbocycles. The van der Waals surface area contributed by atoms with Crippen molar-refractivity contribution in [2.24, 2.45) is 0 Å². The van der Waals surface area contributed by atoms with E-state index >= 15 is 0 Å². The molecule has 23 heavy (non-hydrogen) atoms. The number of carbonyl (C=O) groups excluding carboxylic acids is 1. The monoisotopic (exact) mass is 334 g/mol. The van der Waals surface area contributed by atoms with Gasteiger partial charge in [-0.1, -0.05) is 24.6 Å². The minimum absolute atomic E-state index is 0.255. The predicted octanol–water partition coefficient (Wildman–Crippen LogP) is 2.93. The Morgan fingerprint density at radius 2 is 1.74 bits per heavy atom. The van der Waals surface area contributed by atoms with Gasteiger partial charge in [0.05, 0.1) is 4.90 Å². The molecule has 6 heteroatoms. The summed E-state index contributed by atoms with van der Waals surface area (Å²) in [4.78, 5) is 11.9. The molecule has 2 rings (SSSR count). The fourth-order valence-electron chi connectivity index (χ4n) is 2.40. The van der Waals surface area contributed by atoms with Crippen molar-refractivity contribution in [3.05, 3.63) is 48.6 Å². The second-order valence-electron chi connectivity index (χ2n) is 5.36. The zero-order valence-corrected chi connectivity index (χ0v) is 14.1. The number of benzene rings is 1. The van der Waals surface area contributed by atoms with Crippen LogP contribution in [0.1, 0.15) is 26.2 Å². The van der Waals surface area contributed by atoms with E-state index in [0.717, 1.165) is 19.3 Å². The smallest absolute Gasteiger partial charge is 0.248 e. The van der Waals surface area contributed by atoms with E-state index in [1.807, 2.05) is 13.0 Å². The van der Waals surface area contributed by atoms with Crippen molar-refractivity contribution >= 4 is 21.6 Å². The van der Waals surface area contributed by atoms with Crippen LogP contribution >= 0.6 is 0 Å². The molecule has 1 amide bonds. The molecule has 1 N–H and O–H groups in total. The number of rotatable bonds is 5. The van der Waals surface area contributed by atoms with Gasteiger partial charge in [-0.05, 0) is 44.0 Å². The Bertz CT molecular complexity index is 685. The molecule has 5 nitrogen and oxygen atoms in total. The summed E-state index contributed by atoms with van der Waals surface area (Å²) in [5, 5.41) is 2.69. The summed E-state index contributed by atoms with van der Waals surface area (Å²) in [6.07, 6.45) is 9.54. The first-order valence-electron chi connectivity index (χ1n) is 7.74. The zero-order valence-electron chi connectivity index (χ0n) is 13.2. The average molecular weight is 334 g/mol. The lowest BCUT2D eigenvalue weighted by Crippen LogP contribution is -2.35. The molecule has 1 aromatic rings. The topological polar surface area (TPSA) is 66.5 Å². The third-order valence-electron chi connectivity index (χ3n) is 3.63. The zero-order chi connectivity index (χ0) is 16.7. The molecule has 0 saturated carbocycles. The van der Waals surface area contributed by atoms with Crippen molar-refractivity contribution in [1.29, 1.82) is 0 Å². The molecule has 0 atom stereocenters. The third-order valence-corrected chi connectivity index (χ3v) is 5.54. The van der Waals surface area contributed by atoms with Crippen molar-refractivity contribution in [2.45, 2.75) is 31.1 Å². The normalized spacial score (nSPS) is 16.9. The molecule has 124 valence electrons. The van der Waals surface area contributed by atoms with E-state index in [0.29, 0.717) is 18.8 Å². The van der Waals surface area contributed by atoms with Crippen LogP contribution in [-0.2, 0) is 14.8 Å². The molecule has 1 aliphatic heterocycles. The van der Waals surface area contributed by atoms with Gasteiger partial charge in [-0.25, -0.2) is 8.42 Å². The Hall–Kier alpha value is -1.92. The van der Waals surface area contributed by atoms with Gasteiger partial charge < -0.3 is 5.32 Å². The van der Waals surface area contributed by atoms with E-state index in [1.165, 1.54) is 22.5 Å². The largest absolute Gasteiger partial charge is 0.323 e. The van der Waals surface area contributed by atoms with Crippen LogP contribution < -0.4 is 5.32 Å². The number of amides is 1. The van der Waals surface area contributed by atoms with Crippen LogP contribution in [0.5, 0.6) is 0 Å². The van der Waals surface area contributed by atoms with Gasteiger partial charge in [0.1, 0.15) is 0 Å². The summed E-state index contributed by atoms with van der Waals surface area (Å²) in [7, 11) is -3.43. The van der Waals surface area contributed by atoms with Crippen LogP contribution in [0.4, 0.5) is 5.69 Å². The fourth-order valence-corrected chi connectivity index (χ4v) is 3.92. The molecular weight excluding hydrogens is 312 g/mol. The highest BCUT2D eigenvalue weighted by molar-refractivity contribution is 7.89. The maximum absolute atomic E-state index is 12.5. The second kappa shape index (κ2) is 8.08. The quantitative estimate of drug-likeness (QED) is 0.665. The number of sulfonamides is 1. The SMILES string of the molecule is CC=CC=CC(=O)Nc1ccc(S(=O)(=O)N2CCCCC2)cc1. The first-order valence-corrected chi connectivity index (χ1v) is 9.18. The second-order valence-corrected chi connectivity index (χ2v) is 7.30. The van der Waals surface area contributed by atoms with Crippen LogP contribution in [-0.4, -0.2) is 31.7 Å². The Morgan fingerprint density at radius 3 is 2.35 bits per heavy atom. The first-order chi connectivity index (χ1) is 11.0. The lowest BCUT2D eigenvalue weighted by atomic mass is 10.2. The Morgan fingerprint density at radius 1 is 1.09 bits per heavy atom. The molecule has 0 spiro atoms. The van der Waals surface area contributed by atoms with E-state index in [-0.39, 0.29) is 10.8 Å². The molecule has 1 heterocycles. The molecule has 1 saturated heterocycles. The van der Waals surface area contributed by atoms with Gasteiger partial charge in [0.2, 0.25) is 15.9 Å². The van der Waals surface area contributed by atoms with Gasteiger partial charge in [-0.3, -0.25) is 4.79 Å². The standard InChI is InChI=1S/C17H22N2O3S/c1-2-3-5-8-17(20)18-15-9-11-16(12-10-15)23(21,22)19-13-6-4-7-14-19/h2-3,5,8-12H,4,6-7,13-14H2,1H3,(H,18,20). The maximum Gasteiger partial charge on any atom is 0.248 e. The molecule has 0 radical (unpaired) electrons. The molecule has 1 aliphatic rings. The Balaban J connectivity index is 2.05. The number of hydrogen-bond acceptors (Lipinski definition) is 3. The lowest BCUT2D eigenvalue weighted by Gasteiger charge is -2.25. The van der Waals surface area contributed by atoms with Gasteiger partial charge in [0.25, 0.3) is 0 Å². The summed E-state index contributed by atoms with van der Waals surface area (Å²) in [6.45, 7) is 3.02. The Labute approximate surface area is 137 Å². The van der Waals surface area contributed by atoms with Crippen LogP contribution in [0, 0.1) is 0 Å². The van der Waals surface area contributed by atoms with Crippen molar-refractivity contribution in [3.8, 4) is 0 Å². The summed E-state index contributed by atoms with van der Waals surface area (Å²) in [6, 6.07) is 6.29.